The third-order valence-corrected chi connectivity index (χ3v) is 6.34. The quantitative estimate of drug-likeness (QED) is 0.519. The van der Waals surface area contributed by atoms with Crippen LogP contribution < -0.4 is 0 Å². The Morgan fingerprint density at radius 3 is 2.45 bits per heavy atom. The van der Waals surface area contributed by atoms with E-state index in [1.54, 1.807) is 4.68 Å². The van der Waals surface area contributed by atoms with Crippen LogP contribution in [0.3, 0.4) is 0 Å². The third kappa shape index (κ3) is 4.16. The second-order valence-electron chi connectivity index (χ2n) is 8.12. The topological polar surface area (TPSA) is 76.5 Å². The zero-order valence-electron chi connectivity index (χ0n) is 20.5. The number of aromatic nitrogens is 4. The molecule has 0 amide bonds. The smallest absolute Gasteiger partial charge is 0.173 e. The van der Waals surface area contributed by atoms with Crippen LogP contribution in [0.2, 0.25) is 0 Å². The van der Waals surface area contributed by atoms with E-state index in [4.69, 9.17) is 4.98 Å². The van der Waals surface area contributed by atoms with Gasteiger partial charge in [0.05, 0.1) is 23.2 Å². The molecule has 6 nitrogen and oxygen atoms in total. The highest BCUT2D eigenvalue weighted by Gasteiger charge is 2.47. The molecule has 0 saturated heterocycles. The van der Waals surface area contributed by atoms with E-state index in [9.17, 15) is 10.1 Å². The fourth-order valence-electron chi connectivity index (χ4n) is 4.81. The highest BCUT2D eigenvalue weighted by Crippen LogP contribution is 2.48. The predicted octanol–water partition coefficient (Wildman–Crippen LogP) is 5.57. The molecule has 33 heavy (non-hydrogen) atoms. The molecule has 0 spiro atoms. The van der Waals surface area contributed by atoms with E-state index < -0.39 is 5.41 Å². The van der Waals surface area contributed by atoms with Crippen molar-refractivity contribution in [3.8, 4) is 23.1 Å². The van der Waals surface area contributed by atoms with E-state index in [0.29, 0.717) is 6.42 Å². The number of Topliss-reactive ketones (excluding diaryl/α,β-unsaturated/α-hetero) is 1. The number of allylic oxidation sites excluding steroid dienone is 2. The first-order valence-corrected chi connectivity index (χ1v) is 11.8. The van der Waals surface area contributed by atoms with Gasteiger partial charge in [0.2, 0.25) is 0 Å². The average Bonchev–Trinajstić information content (AvgIpc) is 3.46. The van der Waals surface area contributed by atoms with Gasteiger partial charge in [0.15, 0.2) is 5.78 Å². The molecular formula is C27H33N5O. The zero-order chi connectivity index (χ0) is 24.2. The summed E-state index contributed by atoms with van der Waals surface area (Å²) in [5, 5.41) is 13.8. The van der Waals surface area contributed by atoms with E-state index in [1.165, 1.54) is 0 Å². The van der Waals surface area contributed by atoms with Crippen molar-refractivity contribution in [3.63, 3.8) is 0 Å². The minimum absolute atomic E-state index is 0.0478. The van der Waals surface area contributed by atoms with Crippen LogP contribution in [-0.2, 0) is 23.7 Å². The Morgan fingerprint density at radius 1 is 1.15 bits per heavy atom. The number of ketones is 1. The Balaban J connectivity index is 0.000000728. The lowest BCUT2D eigenvalue weighted by Gasteiger charge is -2.41. The summed E-state index contributed by atoms with van der Waals surface area (Å²) in [4.78, 5) is 17.4. The molecule has 1 aromatic carbocycles. The van der Waals surface area contributed by atoms with Crippen molar-refractivity contribution in [2.75, 3.05) is 0 Å². The highest BCUT2D eigenvalue weighted by molar-refractivity contribution is 6.00. The number of rotatable bonds is 2. The van der Waals surface area contributed by atoms with E-state index in [2.05, 4.69) is 34.8 Å². The fourth-order valence-corrected chi connectivity index (χ4v) is 4.81. The molecule has 172 valence electrons. The van der Waals surface area contributed by atoms with Crippen molar-refractivity contribution in [3.05, 3.63) is 65.8 Å². The first-order chi connectivity index (χ1) is 16.0. The van der Waals surface area contributed by atoms with Gasteiger partial charge in [-0.1, -0.05) is 71.0 Å². The number of fused-ring (bicyclic) bond motifs is 3. The molecule has 2 heterocycles. The number of hydrogen-bond donors (Lipinski definition) is 0. The number of imidazole rings is 1. The SMILES string of the molecule is CC.CC.Cn1cc(-n2c(-c3ccccc3)nc3c2CCC2CC(=O)C(C#N)=CC32C)cn1. The molecule has 2 aliphatic rings. The molecule has 2 unspecified atom stereocenters. The van der Waals surface area contributed by atoms with Crippen LogP contribution in [0, 0.1) is 17.2 Å². The minimum atomic E-state index is -0.427. The Kier molecular flexibility index (Phi) is 7.33. The molecular weight excluding hydrogens is 410 g/mol. The summed E-state index contributed by atoms with van der Waals surface area (Å²) in [5.41, 5.74) is 3.94. The second kappa shape index (κ2) is 9.99. The molecule has 0 saturated carbocycles. The van der Waals surface area contributed by atoms with E-state index in [-0.39, 0.29) is 17.3 Å². The molecule has 2 aromatic heterocycles. The van der Waals surface area contributed by atoms with Crippen LogP contribution >= 0.6 is 0 Å². The number of carbonyl (C=O) groups is 1. The van der Waals surface area contributed by atoms with Crippen molar-refractivity contribution in [1.29, 1.82) is 5.26 Å². The molecule has 5 rings (SSSR count). The summed E-state index contributed by atoms with van der Waals surface area (Å²) in [6.45, 7) is 10.1. The predicted molar refractivity (Wildman–Crippen MR) is 131 cm³/mol. The molecule has 0 N–H and O–H groups in total. The van der Waals surface area contributed by atoms with Gasteiger partial charge >= 0.3 is 0 Å². The van der Waals surface area contributed by atoms with Crippen molar-refractivity contribution in [2.24, 2.45) is 13.0 Å². The molecule has 0 fully saturated rings. The van der Waals surface area contributed by atoms with Gasteiger partial charge in [0.25, 0.3) is 0 Å². The molecule has 3 aromatic rings. The van der Waals surface area contributed by atoms with Crippen molar-refractivity contribution >= 4 is 5.78 Å². The average molecular weight is 444 g/mol. The maximum atomic E-state index is 12.3. The van der Waals surface area contributed by atoms with Gasteiger partial charge in [-0.25, -0.2) is 4.98 Å². The van der Waals surface area contributed by atoms with Crippen LogP contribution in [0.25, 0.3) is 17.1 Å². The fraction of sp³-hybridized carbons (Fsp3) is 0.407. The number of carbonyl (C=O) groups excluding carboxylic acids is 1. The van der Waals surface area contributed by atoms with Gasteiger partial charge in [-0.05, 0) is 18.8 Å². The Labute approximate surface area is 196 Å². The Morgan fingerprint density at radius 2 is 1.85 bits per heavy atom. The van der Waals surface area contributed by atoms with Crippen LogP contribution in [0.1, 0.15) is 58.8 Å². The zero-order valence-corrected chi connectivity index (χ0v) is 20.5. The van der Waals surface area contributed by atoms with E-state index in [0.717, 1.165) is 41.3 Å². The Hall–Kier alpha value is -3.46. The summed E-state index contributed by atoms with van der Waals surface area (Å²) in [5.74, 6) is 0.989. The lowest BCUT2D eigenvalue weighted by Crippen LogP contribution is -2.40. The molecule has 2 aliphatic carbocycles. The monoisotopic (exact) mass is 443 g/mol. The van der Waals surface area contributed by atoms with Crippen molar-refractivity contribution in [2.45, 2.75) is 59.3 Å². The summed E-state index contributed by atoms with van der Waals surface area (Å²) < 4.78 is 3.98. The molecule has 2 atom stereocenters. The largest absolute Gasteiger partial charge is 0.293 e. The van der Waals surface area contributed by atoms with E-state index in [1.807, 2.05) is 71.4 Å². The lowest BCUT2D eigenvalue weighted by atomic mass is 9.62. The molecule has 0 aliphatic heterocycles. The van der Waals surface area contributed by atoms with E-state index >= 15 is 0 Å². The molecule has 6 heteroatoms. The van der Waals surface area contributed by atoms with Crippen LogP contribution in [0.4, 0.5) is 0 Å². The van der Waals surface area contributed by atoms with Crippen LogP contribution in [0.5, 0.6) is 0 Å². The van der Waals surface area contributed by atoms with Crippen LogP contribution in [-0.4, -0.2) is 25.1 Å². The number of nitrogens with zero attached hydrogens (tertiary/aromatic N) is 5. The highest BCUT2D eigenvalue weighted by atomic mass is 16.1. The Bertz CT molecular complexity index is 1200. The summed E-state index contributed by atoms with van der Waals surface area (Å²) in [6, 6.07) is 12.2. The summed E-state index contributed by atoms with van der Waals surface area (Å²) in [6.07, 6.45) is 7.85. The third-order valence-electron chi connectivity index (χ3n) is 6.34. The minimum Gasteiger partial charge on any atom is -0.293 e. The lowest BCUT2D eigenvalue weighted by molar-refractivity contribution is -0.117. The van der Waals surface area contributed by atoms with Gasteiger partial charge in [-0.15, -0.1) is 0 Å². The number of aryl methyl sites for hydroxylation is 1. The van der Waals surface area contributed by atoms with Gasteiger partial charge in [0.1, 0.15) is 11.9 Å². The first-order valence-electron chi connectivity index (χ1n) is 11.8. The summed E-state index contributed by atoms with van der Waals surface area (Å²) >= 11 is 0. The van der Waals surface area contributed by atoms with Gasteiger partial charge < -0.3 is 0 Å². The van der Waals surface area contributed by atoms with Gasteiger partial charge in [-0.3, -0.25) is 14.0 Å². The van der Waals surface area contributed by atoms with Crippen molar-refractivity contribution < 1.29 is 4.79 Å². The second-order valence-corrected chi connectivity index (χ2v) is 8.12. The first kappa shape index (κ1) is 24.2. The maximum Gasteiger partial charge on any atom is 0.173 e. The van der Waals surface area contributed by atoms with Crippen molar-refractivity contribution in [1.82, 2.24) is 19.3 Å². The summed E-state index contributed by atoms with van der Waals surface area (Å²) in [7, 11) is 1.90. The maximum absolute atomic E-state index is 12.3. The molecule has 0 bridgehead atoms. The normalized spacial score (nSPS) is 20.7. The number of benzene rings is 1. The standard InChI is InChI=1S/C23H21N5O.2C2H6/c1-23-11-16(12-24)20(29)10-17(23)8-9-19-21(23)26-22(15-6-4-3-5-7-15)28(19)18-13-25-27(2)14-18;2*1-2/h3-7,11,13-14,17H,8-10H2,1-2H3;2*1-2H3. The number of hydrogen-bond acceptors (Lipinski definition) is 4. The van der Waals surface area contributed by atoms with Gasteiger partial charge in [0, 0.05) is 36.3 Å². The van der Waals surface area contributed by atoms with Crippen LogP contribution in [0.15, 0.2) is 54.4 Å². The number of nitriles is 1. The molecule has 0 radical (unpaired) electrons. The van der Waals surface area contributed by atoms with Gasteiger partial charge in [-0.2, -0.15) is 10.4 Å².